The molecule has 0 spiro atoms. The first-order valence-corrected chi connectivity index (χ1v) is 7.63. The molecule has 0 radical (unpaired) electrons. The number of hydrogen-bond acceptors (Lipinski definition) is 4. The number of benzene rings is 1. The van der Waals surface area contributed by atoms with E-state index in [4.69, 9.17) is 0 Å². The summed E-state index contributed by atoms with van der Waals surface area (Å²) in [6.45, 7) is 7.70. The Morgan fingerprint density at radius 3 is 2.75 bits per heavy atom. The van der Waals surface area contributed by atoms with Gasteiger partial charge in [-0.3, -0.25) is 0 Å². The van der Waals surface area contributed by atoms with Crippen LogP contribution in [0.5, 0.6) is 0 Å². The molecule has 0 saturated heterocycles. The zero-order chi connectivity index (χ0) is 14.5. The van der Waals surface area contributed by atoms with Gasteiger partial charge in [0.15, 0.2) is 5.13 Å². The van der Waals surface area contributed by atoms with Crippen LogP contribution in [-0.2, 0) is 6.54 Å². The average Bonchev–Trinajstić information content (AvgIpc) is 2.88. The van der Waals surface area contributed by atoms with Crippen molar-refractivity contribution >= 4 is 22.2 Å². The quantitative estimate of drug-likeness (QED) is 0.874. The van der Waals surface area contributed by atoms with Crippen LogP contribution in [0, 0.1) is 5.82 Å². The lowest BCUT2D eigenvalue weighted by Crippen LogP contribution is -2.21. The molecule has 108 valence electrons. The van der Waals surface area contributed by atoms with Crippen molar-refractivity contribution in [1.82, 2.24) is 10.3 Å². The van der Waals surface area contributed by atoms with E-state index in [1.54, 1.807) is 23.5 Å². The molecule has 0 fully saturated rings. The lowest BCUT2D eigenvalue weighted by molar-refractivity contribution is 0.593. The number of halogens is 1. The van der Waals surface area contributed by atoms with Gasteiger partial charge in [-0.15, -0.1) is 11.3 Å². The van der Waals surface area contributed by atoms with Gasteiger partial charge >= 0.3 is 0 Å². The minimum absolute atomic E-state index is 0.216. The maximum atomic E-state index is 13.9. The summed E-state index contributed by atoms with van der Waals surface area (Å²) < 4.78 is 13.9. The third-order valence-electron chi connectivity index (χ3n) is 2.92. The first-order chi connectivity index (χ1) is 9.61. The molecule has 0 aliphatic carbocycles. The molecule has 1 aromatic heterocycles. The molecule has 0 saturated carbocycles. The van der Waals surface area contributed by atoms with Gasteiger partial charge in [0.25, 0.3) is 0 Å². The predicted molar refractivity (Wildman–Crippen MR) is 83.2 cm³/mol. The molecule has 0 unspecified atom stereocenters. The number of thiazole rings is 1. The van der Waals surface area contributed by atoms with Crippen molar-refractivity contribution in [2.45, 2.75) is 33.4 Å². The van der Waals surface area contributed by atoms with Gasteiger partial charge in [-0.1, -0.05) is 26.0 Å². The van der Waals surface area contributed by atoms with E-state index in [0.717, 1.165) is 16.6 Å². The molecular weight excluding hydrogens is 273 g/mol. The van der Waals surface area contributed by atoms with E-state index in [-0.39, 0.29) is 5.82 Å². The number of para-hydroxylation sites is 1. The summed E-state index contributed by atoms with van der Waals surface area (Å²) in [7, 11) is 0. The van der Waals surface area contributed by atoms with Crippen molar-refractivity contribution in [3.63, 3.8) is 0 Å². The molecule has 20 heavy (non-hydrogen) atoms. The average molecular weight is 293 g/mol. The molecule has 0 bridgehead atoms. The second-order valence-electron chi connectivity index (χ2n) is 4.84. The number of anilines is 2. The lowest BCUT2D eigenvalue weighted by Gasteiger charge is -2.20. The van der Waals surface area contributed by atoms with Crippen LogP contribution in [-0.4, -0.2) is 17.6 Å². The van der Waals surface area contributed by atoms with Crippen LogP contribution in [0.4, 0.5) is 15.2 Å². The highest BCUT2D eigenvalue weighted by molar-refractivity contribution is 7.15. The van der Waals surface area contributed by atoms with Crippen LogP contribution in [0.15, 0.2) is 30.5 Å². The Labute approximate surface area is 123 Å². The van der Waals surface area contributed by atoms with Crippen LogP contribution < -0.4 is 10.2 Å². The van der Waals surface area contributed by atoms with Crippen molar-refractivity contribution < 1.29 is 4.39 Å². The van der Waals surface area contributed by atoms with E-state index >= 15 is 0 Å². The smallest absolute Gasteiger partial charge is 0.190 e. The molecule has 2 aromatic rings. The summed E-state index contributed by atoms with van der Waals surface area (Å²) in [4.78, 5) is 7.48. The van der Waals surface area contributed by atoms with Gasteiger partial charge < -0.3 is 10.2 Å². The molecule has 0 amide bonds. The normalized spacial score (nSPS) is 11.1. The van der Waals surface area contributed by atoms with Gasteiger partial charge in [0.2, 0.25) is 0 Å². The zero-order valence-electron chi connectivity index (χ0n) is 12.1. The SMILES string of the molecule is CCN(c1ncc(CNC(C)C)s1)c1ccccc1F. The van der Waals surface area contributed by atoms with E-state index in [9.17, 15) is 4.39 Å². The molecule has 0 atom stereocenters. The summed E-state index contributed by atoms with van der Waals surface area (Å²) in [6.07, 6.45) is 1.86. The molecule has 1 aromatic carbocycles. The van der Waals surface area contributed by atoms with Gasteiger partial charge in [-0.05, 0) is 19.1 Å². The minimum atomic E-state index is -0.216. The van der Waals surface area contributed by atoms with E-state index < -0.39 is 0 Å². The molecule has 0 aliphatic heterocycles. The molecule has 0 aliphatic rings. The van der Waals surface area contributed by atoms with Crippen molar-refractivity contribution in [2.24, 2.45) is 0 Å². The Kier molecular flexibility index (Phi) is 5.09. The number of rotatable bonds is 6. The van der Waals surface area contributed by atoms with E-state index in [1.807, 2.05) is 24.1 Å². The van der Waals surface area contributed by atoms with Crippen molar-refractivity contribution in [1.29, 1.82) is 0 Å². The Bertz CT molecular complexity index is 554. The Morgan fingerprint density at radius 1 is 1.35 bits per heavy atom. The van der Waals surface area contributed by atoms with Crippen molar-refractivity contribution in [2.75, 3.05) is 11.4 Å². The second kappa shape index (κ2) is 6.81. The third-order valence-corrected chi connectivity index (χ3v) is 3.94. The number of aromatic nitrogens is 1. The molecule has 1 N–H and O–H groups in total. The summed E-state index contributed by atoms with van der Waals surface area (Å²) >= 11 is 1.60. The van der Waals surface area contributed by atoms with E-state index in [1.165, 1.54) is 6.07 Å². The summed E-state index contributed by atoms with van der Waals surface area (Å²) in [5.74, 6) is -0.216. The predicted octanol–water partition coefficient (Wildman–Crippen LogP) is 3.94. The fraction of sp³-hybridized carbons (Fsp3) is 0.400. The molecule has 5 heteroatoms. The number of hydrogen-bond donors (Lipinski definition) is 1. The topological polar surface area (TPSA) is 28.2 Å². The van der Waals surface area contributed by atoms with Crippen LogP contribution >= 0.6 is 11.3 Å². The molecule has 2 rings (SSSR count). The summed E-state index contributed by atoms with van der Waals surface area (Å²) in [5, 5.41) is 4.19. The monoisotopic (exact) mass is 293 g/mol. The minimum Gasteiger partial charge on any atom is -0.315 e. The maximum Gasteiger partial charge on any atom is 0.190 e. The summed E-state index contributed by atoms with van der Waals surface area (Å²) in [5.41, 5.74) is 0.577. The fourth-order valence-corrected chi connectivity index (χ4v) is 2.83. The highest BCUT2D eigenvalue weighted by atomic mass is 32.1. The van der Waals surface area contributed by atoms with Gasteiger partial charge in [0.1, 0.15) is 5.82 Å². The largest absolute Gasteiger partial charge is 0.315 e. The fourth-order valence-electron chi connectivity index (χ4n) is 1.89. The lowest BCUT2D eigenvalue weighted by atomic mass is 10.3. The van der Waals surface area contributed by atoms with Crippen LogP contribution in [0.3, 0.4) is 0 Å². The third kappa shape index (κ3) is 3.55. The zero-order valence-corrected chi connectivity index (χ0v) is 12.9. The standard InChI is InChI=1S/C15H20FN3S/c1-4-19(14-8-6-5-7-13(14)16)15-18-10-12(20-15)9-17-11(2)3/h5-8,10-11,17H,4,9H2,1-3H3. The van der Waals surface area contributed by atoms with Gasteiger partial charge in [-0.2, -0.15) is 0 Å². The van der Waals surface area contributed by atoms with Crippen molar-refractivity contribution in [3.05, 3.63) is 41.2 Å². The summed E-state index contributed by atoms with van der Waals surface area (Å²) in [6, 6.07) is 7.25. The maximum absolute atomic E-state index is 13.9. The van der Waals surface area contributed by atoms with Gasteiger partial charge in [0, 0.05) is 30.2 Å². The second-order valence-corrected chi connectivity index (χ2v) is 5.93. The Hall–Kier alpha value is -1.46. The number of nitrogens with zero attached hydrogens (tertiary/aromatic N) is 2. The van der Waals surface area contributed by atoms with E-state index in [2.05, 4.69) is 24.1 Å². The first kappa shape index (κ1) is 14.9. The van der Waals surface area contributed by atoms with Crippen LogP contribution in [0.2, 0.25) is 0 Å². The van der Waals surface area contributed by atoms with Crippen molar-refractivity contribution in [3.8, 4) is 0 Å². The first-order valence-electron chi connectivity index (χ1n) is 6.82. The molecule has 3 nitrogen and oxygen atoms in total. The van der Waals surface area contributed by atoms with E-state index in [0.29, 0.717) is 18.3 Å². The highest BCUT2D eigenvalue weighted by Crippen LogP contribution is 2.30. The van der Waals surface area contributed by atoms with Crippen LogP contribution in [0.1, 0.15) is 25.6 Å². The Balaban J connectivity index is 2.18. The number of nitrogens with one attached hydrogen (secondary N) is 1. The molecule has 1 heterocycles. The van der Waals surface area contributed by atoms with Gasteiger partial charge in [0.05, 0.1) is 5.69 Å². The van der Waals surface area contributed by atoms with Crippen LogP contribution in [0.25, 0.3) is 0 Å². The van der Waals surface area contributed by atoms with Gasteiger partial charge in [-0.25, -0.2) is 9.37 Å². The Morgan fingerprint density at radius 2 is 2.10 bits per heavy atom. The molecular formula is C15H20FN3S. The highest BCUT2D eigenvalue weighted by Gasteiger charge is 2.15.